The summed E-state index contributed by atoms with van der Waals surface area (Å²) in [5.74, 6) is 1.44. The van der Waals surface area contributed by atoms with Crippen LogP contribution in [-0.4, -0.2) is 45.3 Å². The van der Waals surface area contributed by atoms with Crippen molar-refractivity contribution in [2.24, 2.45) is 0 Å². The topological polar surface area (TPSA) is 87.7 Å². The van der Waals surface area contributed by atoms with E-state index < -0.39 is 6.09 Å². The second kappa shape index (κ2) is 7.64. The summed E-state index contributed by atoms with van der Waals surface area (Å²) >= 11 is 6.16. The van der Waals surface area contributed by atoms with E-state index in [1.807, 2.05) is 37.3 Å². The maximum absolute atomic E-state index is 11.8. The predicted octanol–water partition coefficient (Wildman–Crippen LogP) is 5.76. The van der Waals surface area contributed by atoms with Crippen LogP contribution in [0.5, 0.6) is 5.75 Å². The fraction of sp³-hybridized carbons (Fsp3) is 0.280. The van der Waals surface area contributed by atoms with Gasteiger partial charge in [-0.25, -0.2) is 9.78 Å². The molecule has 0 bridgehead atoms. The first kappa shape index (κ1) is 20.3. The molecule has 2 aliphatic rings. The van der Waals surface area contributed by atoms with E-state index in [0.717, 1.165) is 44.2 Å². The van der Waals surface area contributed by atoms with E-state index in [-0.39, 0.29) is 12.1 Å². The van der Waals surface area contributed by atoms with Crippen LogP contribution in [0, 0.1) is 0 Å². The van der Waals surface area contributed by atoms with Crippen LogP contribution in [0.25, 0.3) is 32.9 Å². The van der Waals surface area contributed by atoms with Gasteiger partial charge in [-0.15, -0.1) is 0 Å². The van der Waals surface area contributed by atoms with Gasteiger partial charge in [-0.1, -0.05) is 23.7 Å². The number of nitrogens with zero attached hydrogens (tertiary/aromatic N) is 2. The van der Waals surface area contributed by atoms with Crippen molar-refractivity contribution in [3.63, 3.8) is 0 Å². The molecular formula is C25H22ClN3O4. The van der Waals surface area contributed by atoms with Gasteiger partial charge in [-0.05, 0) is 53.8 Å². The van der Waals surface area contributed by atoms with Crippen LogP contribution in [0.3, 0.4) is 0 Å². The van der Waals surface area contributed by atoms with E-state index in [4.69, 9.17) is 26.1 Å². The van der Waals surface area contributed by atoms with Crippen molar-refractivity contribution in [2.45, 2.75) is 32.1 Å². The molecule has 3 aromatic carbocycles. The lowest BCUT2D eigenvalue weighted by atomic mass is 9.94. The predicted molar refractivity (Wildman–Crippen MR) is 126 cm³/mol. The van der Waals surface area contributed by atoms with Gasteiger partial charge in [0.25, 0.3) is 0 Å². The van der Waals surface area contributed by atoms with E-state index in [1.54, 1.807) is 0 Å². The van der Waals surface area contributed by atoms with Crippen LogP contribution in [0.1, 0.15) is 30.8 Å². The average Bonchev–Trinajstić information content (AvgIpc) is 3.42. The van der Waals surface area contributed by atoms with Gasteiger partial charge in [-0.2, -0.15) is 0 Å². The van der Waals surface area contributed by atoms with Gasteiger partial charge in [0.15, 0.2) is 0 Å². The number of aromatic nitrogens is 2. The molecule has 0 saturated carbocycles. The quantitative estimate of drug-likeness (QED) is 0.403. The number of carboxylic acid groups (broad SMARTS) is 1. The minimum atomic E-state index is -0.964. The summed E-state index contributed by atoms with van der Waals surface area (Å²) in [4.78, 5) is 21.5. The number of fused-ring (bicyclic) bond motifs is 6. The molecule has 0 aliphatic carbocycles. The molecule has 7 nitrogen and oxygen atoms in total. The summed E-state index contributed by atoms with van der Waals surface area (Å²) in [6.07, 6.45) is -0.515. The molecule has 1 amide bonds. The fourth-order valence-electron chi connectivity index (χ4n) is 5.06. The number of imidazole rings is 1. The standard InChI is InChI=1S/C25H22ClN3O4/c1-2-32-16-9-21(29(11-16)25(30)31)24-27-20-6-3-13-8-19-17-5-4-15(26)7-14(17)12-33-22(19)10-18(13)23(20)28-24/h3-8,10,16,21H,2,9,11-12H2,1H3,(H,27,28)(H,30,31)/t16-,21-/m0/s1. The molecule has 6 rings (SSSR count). The van der Waals surface area contributed by atoms with E-state index >= 15 is 0 Å². The lowest BCUT2D eigenvalue weighted by Crippen LogP contribution is -2.31. The number of aromatic amines is 1. The van der Waals surface area contributed by atoms with Crippen molar-refractivity contribution >= 4 is 39.5 Å². The summed E-state index contributed by atoms with van der Waals surface area (Å²) < 4.78 is 11.8. The Labute approximate surface area is 194 Å². The summed E-state index contributed by atoms with van der Waals surface area (Å²) in [5, 5.41) is 12.4. The Balaban J connectivity index is 1.45. The fourth-order valence-corrected chi connectivity index (χ4v) is 5.25. The van der Waals surface area contributed by atoms with E-state index in [1.165, 1.54) is 4.90 Å². The number of halogens is 1. The number of amides is 1. The summed E-state index contributed by atoms with van der Waals surface area (Å²) in [5.41, 5.74) is 4.89. The third kappa shape index (κ3) is 3.31. The van der Waals surface area contributed by atoms with Crippen molar-refractivity contribution < 1.29 is 19.4 Å². The van der Waals surface area contributed by atoms with E-state index in [2.05, 4.69) is 17.1 Å². The number of hydrogen-bond acceptors (Lipinski definition) is 4. The molecule has 2 atom stereocenters. The number of likely N-dealkylation sites (tertiary alicyclic amines) is 1. The first-order chi connectivity index (χ1) is 16.0. The molecule has 33 heavy (non-hydrogen) atoms. The second-order valence-corrected chi connectivity index (χ2v) is 8.94. The van der Waals surface area contributed by atoms with Crippen molar-refractivity contribution in [1.82, 2.24) is 14.9 Å². The molecule has 168 valence electrons. The lowest BCUT2D eigenvalue weighted by molar-refractivity contribution is 0.0679. The van der Waals surface area contributed by atoms with Crippen LogP contribution in [0.15, 0.2) is 42.5 Å². The third-order valence-corrected chi connectivity index (χ3v) is 6.79. The zero-order valence-corrected chi connectivity index (χ0v) is 18.7. The van der Waals surface area contributed by atoms with Gasteiger partial charge in [-0.3, -0.25) is 4.90 Å². The zero-order valence-electron chi connectivity index (χ0n) is 18.0. The minimum Gasteiger partial charge on any atom is -0.488 e. The Morgan fingerprint density at radius 2 is 2.15 bits per heavy atom. The molecular weight excluding hydrogens is 442 g/mol. The Morgan fingerprint density at radius 1 is 1.27 bits per heavy atom. The van der Waals surface area contributed by atoms with Crippen LogP contribution < -0.4 is 4.74 Å². The number of rotatable bonds is 3. The molecule has 2 N–H and O–H groups in total. The number of carbonyl (C=O) groups is 1. The highest BCUT2D eigenvalue weighted by Gasteiger charge is 2.38. The highest BCUT2D eigenvalue weighted by Crippen LogP contribution is 2.42. The third-order valence-electron chi connectivity index (χ3n) is 6.55. The van der Waals surface area contributed by atoms with Gasteiger partial charge in [0.05, 0.1) is 29.7 Å². The maximum Gasteiger partial charge on any atom is 0.408 e. The molecule has 4 aromatic rings. The van der Waals surface area contributed by atoms with Crippen LogP contribution in [-0.2, 0) is 11.3 Å². The van der Waals surface area contributed by atoms with Crippen LogP contribution in [0.4, 0.5) is 4.79 Å². The first-order valence-corrected chi connectivity index (χ1v) is 11.4. The first-order valence-electron chi connectivity index (χ1n) is 11.0. The lowest BCUT2D eigenvalue weighted by Gasteiger charge is -2.21. The summed E-state index contributed by atoms with van der Waals surface area (Å²) in [6.45, 7) is 3.28. The second-order valence-electron chi connectivity index (χ2n) is 8.51. The molecule has 0 spiro atoms. The number of nitrogens with one attached hydrogen (secondary N) is 1. The van der Waals surface area contributed by atoms with Crippen molar-refractivity contribution in [2.75, 3.05) is 13.2 Å². The van der Waals surface area contributed by atoms with Crippen LogP contribution >= 0.6 is 11.6 Å². The van der Waals surface area contributed by atoms with Gasteiger partial charge in [0.2, 0.25) is 0 Å². The monoisotopic (exact) mass is 463 g/mol. The minimum absolute atomic E-state index is 0.130. The molecule has 3 heterocycles. The highest BCUT2D eigenvalue weighted by atomic mass is 35.5. The number of H-pyrrole nitrogens is 1. The molecule has 0 radical (unpaired) electrons. The molecule has 0 unspecified atom stereocenters. The Bertz CT molecular complexity index is 1420. The van der Waals surface area contributed by atoms with E-state index in [9.17, 15) is 9.90 Å². The van der Waals surface area contributed by atoms with Crippen molar-refractivity contribution in [3.05, 3.63) is 58.9 Å². The SMILES string of the molecule is CCO[C@H]1C[C@@H](c2nc3c(ccc4cc5c(cc43)OCc3cc(Cl)ccc3-5)[nH]2)N(C(=O)O)C1. The van der Waals surface area contributed by atoms with Gasteiger partial charge >= 0.3 is 6.09 Å². The Hall–Kier alpha value is -3.29. The number of ether oxygens (including phenoxy) is 2. The van der Waals surface area contributed by atoms with Gasteiger partial charge < -0.3 is 19.6 Å². The van der Waals surface area contributed by atoms with Crippen LogP contribution in [0.2, 0.25) is 5.02 Å². The largest absolute Gasteiger partial charge is 0.488 e. The molecule has 1 saturated heterocycles. The van der Waals surface area contributed by atoms with Crippen molar-refractivity contribution in [3.8, 4) is 16.9 Å². The summed E-state index contributed by atoms with van der Waals surface area (Å²) in [7, 11) is 0. The molecule has 1 fully saturated rings. The number of hydrogen-bond donors (Lipinski definition) is 2. The molecule has 2 aliphatic heterocycles. The van der Waals surface area contributed by atoms with Gasteiger partial charge in [0, 0.05) is 29.0 Å². The normalized spacial score (nSPS) is 19.5. The average molecular weight is 464 g/mol. The van der Waals surface area contributed by atoms with Crippen molar-refractivity contribution in [1.29, 1.82) is 0 Å². The Morgan fingerprint density at radius 3 is 2.97 bits per heavy atom. The molecule has 1 aromatic heterocycles. The van der Waals surface area contributed by atoms with E-state index in [0.29, 0.717) is 37.0 Å². The Kier molecular flexibility index (Phi) is 4.71. The summed E-state index contributed by atoms with van der Waals surface area (Å²) in [6, 6.07) is 13.7. The smallest absolute Gasteiger partial charge is 0.408 e. The maximum atomic E-state index is 11.8. The molecule has 8 heteroatoms. The van der Waals surface area contributed by atoms with Gasteiger partial charge in [0.1, 0.15) is 18.2 Å². The highest BCUT2D eigenvalue weighted by molar-refractivity contribution is 6.30. The number of benzene rings is 3. The zero-order chi connectivity index (χ0) is 22.7.